The van der Waals surface area contributed by atoms with Gasteiger partial charge in [0.15, 0.2) is 0 Å². The Balaban J connectivity index is 2.01. The van der Waals surface area contributed by atoms with Gasteiger partial charge in [0.2, 0.25) is 0 Å². The third-order valence-corrected chi connectivity index (χ3v) is 4.24. The molecule has 0 aromatic heterocycles. The Kier molecular flexibility index (Phi) is 4.89. The molecule has 0 radical (unpaired) electrons. The monoisotopic (exact) mass is 296 g/mol. The Hall–Kier alpha value is -1.26. The van der Waals surface area contributed by atoms with Crippen molar-refractivity contribution in [2.45, 2.75) is 26.3 Å². The van der Waals surface area contributed by atoms with Crippen molar-refractivity contribution < 1.29 is 9.90 Å². The maximum atomic E-state index is 12.4. The summed E-state index contributed by atoms with van der Waals surface area (Å²) >= 11 is 5.79. The lowest BCUT2D eigenvalue weighted by atomic mass is 10.1. The summed E-state index contributed by atoms with van der Waals surface area (Å²) in [6, 6.07) is 5.17. The first-order valence-electron chi connectivity index (χ1n) is 7.04. The zero-order valence-electron chi connectivity index (χ0n) is 12.0. The highest BCUT2D eigenvalue weighted by Crippen LogP contribution is 2.23. The number of aromatic hydroxyl groups is 1. The fraction of sp³-hybridized carbons (Fsp3) is 0.533. The van der Waals surface area contributed by atoms with E-state index in [1.54, 1.807) is 17.0 Å². The first kappa shape index (κ1) is 15.1. The number of phenols is 1. The second-order valence-electron chi connectivity index (χ2n) is 5.25. The minimum absolute atomic E-state index is 0.0492. The maximum absolute atomic E-state index is 12.4. The SMILES string of the molecule is CCC(C)N1CCN(C(=O)c2ccc(Cl)cc2O)CC1. The molecule has 1 heterocycles. The standard InChI is InChI=1S/C15H21ClN2O2/c1-3-11(2)17-6-8-18(9-7-17)15(20)13-5-4-12(16)10-14(13)19/h4-5,10-11,19H,3,6-9H2,1-2H3. The number of carbonyl (C=O) groups excluding carboxylic acids is 1. The predicted octanol–water partition coefficient (Wildman–Crippen LogP) is 2.60. The predicted molar refractivity (Wildman–Crippen MR) is 80.3 cm³/mol. The molecule has 2 rings (SSSR count). The van der Waals surface area contributed by atoms with Gasteiger partial charge in [-0.3, -0.25) is 9.69 Å². The van der Waals surface area contributed by atoms with Gasteiger partial charge in [0.25, 0.3) is 5.91 Å². The average molecular weight is 297 g/mol. The van der Waals surface area contributed by atoms with Crippen molar-refractivity contribution in [2.75, 3.05) is 26.2 Å². The van der Waals surface area contributed by atoms with E-state index in [4.69, 9.17) is 11.6 Å². The van der Waals surface area contributed by atoms with Gasteiger partial charge in [-0.15, -0.1) is 0 Å². The zero-order chi connectivity index (χ0) is 14.7. The molecule has 0 saturated carbocycles. The van der Waals surface area contributed by atoms with Crippen molar-refractivity contribution in [1.29, 1.82) is 0 Å². The van der Waals surface area contributed by atoms with Gasteiger partial charge in [0, 0.05) is 37.2 Å². The molecular weight excluding hydrogens is 276 g/mol. The number of hydrogen-bond acceptors (Lipinski definition) is 3. The lowest BCUT2D eigenvalue weighted by Gasteiger charge is -2.37. The van der Waals surface area contributed by atoms with E-state index in [0.717, 1.165) is 19.5 Å². The van der Waals surface area contributed by atoms with Crippen LogP contribution < -0.4 is 0 Å². The van der Waals surface area contributed by atoms with Gasteiger partial charge < -0.3 is 10.0 Å². The van der Waals surface area contributed by atoms with Crippen LogP contribution in [0.25, 0.3) is 0 Å². The number of hydrogen-bond donors (Lipinski definition) is 1. The van der Waals surface area contributed by atoms with Gasteiger partial charge in [0.1, 0.15) is 5.75 Å². The fourth-order valence-corrected chi connectivity index (χ4v) is 2.65. The highest BCUT2D eigenvalue weighted by Gasteiger charge is 2.25. The molecule has 1 aromatic rings. The van der Waals surface area contributed by atoms with Crippen molar-refractivity contribution in [1.82, 2.24) is 9.80 Å². The lowest BCUT2D eigenvalue weighted by molar-refractivity contribution is 0.0577. The molecule has 5 heteroatoms. The van der Waals surface area contributed by atoms with Crippen LogP contribution in [-0.2, 0) is 0 Å². The van der Waals surface area contributed by atoms with Crippen LogP contribution in [0.4, 0.5) is 0 Å². The third kappa shape index (κ3) is 3.25. The Morgan fingerprint density at radius 2 is 2.00 bits per heavy atom. The number of piperazine rings is 1. The highest BCUT2D eigenvalue weighted by molar-refractivity contribution is 6.30. The van der Waals surface area contributed by atoms with E-state index in [1.165, 1.54) is 6.07 Å². The van der Waals surface area contributed by atoms with Gasteiger partial charge in [-0.25, -0.2) is 0 Å². The van der Waals surface area contributed by atoms with Gasteiger partial charge in [-0.05, 0) is 31.5 Å². The second kappa shape index (κ2) is 6.46. The van der Waals surface area contributed by atoms with Crippen LogP contribution >= 0.6 is 11.6 Å². The molecule has 1 aliphatic heterocycles. The molecule has 4 nitrogen and oxygen atoms in total. The van der Waals surface area contributed by atoms with Crippen LogP contribution in [-0.4, -0.2) is 53.0 Å². The van der Waals surface area contributed by atoms with Crippen LogP contribution in [0.3, 0.4) is 0 Å². The van der Waals surface area contributed by atoms with E-state index in [1.807, 2.05) is 0 Å². The molecule has 20 heavy (non-hydrogen) atoms. The largest absolute Gasteiger partial charge is 0.507 e. The summed E-state index contributed by atoms with van der Waals surface area (Å²) < 4.78 is 0. The Morgan fingerprint density at radius 1 is 1.35 bits per heavy atom. The third-order valence-electron chi connectivity index (χ3n) is 4.01. The topological polar surface area (TPSA) is 43.8 Å². The number of phenolic OH excluding ortho intramolecular Hbond substituents is 1. The number of rotatable bonds is 3. The first-order valence-corrected chi connectivity index (χ1v) is 7.42. The number of halogens is 1. The van der Waals surface area contributed by atoms with Gasteiger partial charge >= 0.3 is 0 Å². The molecule has 1 unspecified atom stereocenters. The van der Waals surface area contributed by atoms with Crippen LogP contribution in [0.15, 0.2) is 18.2 Å². The average Bonchev–Trinajstić information content (AvgIpc) is 2.46. The lowest BCUT2D eigenvalue weighted by Crippen LogP contribution is -2.51. The molecule has 1 aromatic carbocycles. The van der Waals surface area contributed by atoms with Crippen molar-refractivity contribution in [2.24, 2.45) is 0 Å². The highest BCUT2D eigenvalue weighted by atomic mass is 35.5. The number of carbonyl (C=O) groups is 1. The molecule has 1 atom stereocenters. The van der Waals surface area contributed by atoms with Crippen molar-refractivity contribution in [3.8, 4) is 5.75 Å². The van der Waals surface area contributed by atoms with Gasteiger partial charge in [0.05, 0.1) is 5.56 Å². The van der Waals surface area contributed by atoms with Crippen molar-refractivity contribution in [3.05, 3.63) is 28.8 Å². The number of benzene rings is 1. The molecule has 110 valence electrons. The number of amides is 1. The van der Waals surface area contributed by atoms with Gasteiger partial charge in [-0.2, -0.15) is 0 Å². The fourth-order valence-electron chi connectivity index (χ4n) is 2.48. The van der Waals surface area contributed by atoms with Crippen molar-refractivity contribution >= 4 is 17.5 Å². The Labute approximate surface area is 124 Å². The molecule has 1 fully saturated rings. The summed E-state index contributed by atoms with van der Waals surface area (Å²) in [5, 5.41) is 10.3. The number of nitrogens with zero attached hydrogens (tertiary/aromatic N) is 2. The summed E-state index contributed by atoms with van der Waals surface area (Å²) in [6.45, 7) is 7.55. The zero-order valence-corrected chi connectivity index (χ0v) is 12.7. The second-order valence-corrected chi connectivity index (χ2v) is 5.68. The smallest absolute Gasteiger partial charge is 0.257 e. The molecule has 1 amide bonds. The summed E-state index contributed by atoms with van der Waals surface area (Å²) in [7, 11) is 0. The van der Waals surface area contributed by atoms with E-state index in [0.29, 0.717) is 29.7 Å². The van der Waals surface area contributed by atoms with Crippen LogP contribution in [0, 0.1) is 0 Å². The van der Waals surface area contributed by atoms with Gasteiger partial charge in [-0.1, -0.05) is 18.5 Å². The minimum atomic E-state index is -0.122. The first-order chi connectivity index (χ1) is 9.52. The molecule has 1 aliphatic rings. The van der Waals surface area contributed by atoms with Crippen LogP contribution in [0.2, 0.25) is 5.02 Å². The minimum Gasteiger partial charge on any atom is -0.507 e. The van der Waals surface area contributed by atoms with Crippen molar-refractivity contribution in [3.63, 3.8) is 0 Å². The van der Waals surface area contributed by atoms with E-state index in [-0.39, 0.29) is 11.7 Å². The Morgan fingerprint density at radius 3 is 2.55 bits per heavy atom. The molecule has 1 saturated heterocycles. The van der Waals surface area contributed by atoms with E-state index >= 15 is 0 Å². The molecule has 0 bridgehead atoms. The van der Waals surface area contributed by atoms with E-state index in [2.05, 4.69) is 18.7 Å². The normalized spacial score (nSPS) is 18.1. The summed E-state index contributed by atoms with van der Waals surface area (Å²) in [4.78, 5) is 16.6. The van der Waals surface area contributed by atoms with E-state index in [9.17, 15) is 9.90 Å². The molecule has 0 spiro atoms. The van der Waals surface area contributed by atoms with Crippen LogP contribution in [0.5, 0.6) is 5.75 Å². The Bertz CT molecular complexity index is 485. The molecular formula is C15H21ClN2O2. The quantitative estimate of drug-likeness (QED) is 0.932. The summed E-state index contributed by atoms with van der Waals surface area (Å²) in [6.07, 6.45) is 1.12. The van der Waals surface area contributed by atoms with E-state index < -0.39 is 0 Å². The molecule has 1 N–H and O–H groups in total. The summed E-state index contributed by atoms with van der Waals surface area (Å²) in [5.74, 6) is -0.171. The maximum Gasteiger partial charge on any atom is 0.257 e. The molecule has 0 aliphatic carbocycles. The summed E-state index contributed by atoms with van der Waals surface area (Å²) in [5.41, 5.74) is 0.325. The van der Waals surface area contributed by atoms with Crippen LogP contribution in [0.1, 0.15) is 30.6 Å².